The van der Waals surface area contributed by atoms with Crippen molar-refractivity contribution in [2.24, 2.45) is 5.73 Å². The van der Waals surface area contributed by atoms with Gasteiger partial charge in [0.15, 0.2) is 0 Å². The Labute approximate surface area is 102 Å². The van der Waals surface area contributed by atoms with Crippen molar-refractivity contribution in [2.75, 3.05) is 24.5 Å². The quantitative estimate of drug-likeness (QED) is 0.718. The molecule has 1 aliphatic heterocycles. The summed E-state index contributed by atoms with van der Waals surface area (Å²) in [6.07, 6.45) is 2.40. The van der Waals surface area contributed by atoms with E-state index in [9.17, 15) is 10.2 Å². The fraction of sp³-hybridized carbons (Fsp3) is 0.538. The molecule has 1 unspecified atom stereocenters. The summed E-state index contributed by atoms with van der Waals surface area (Å²) in [4.78, 5) is 2.23. The van der Waals surface area contributed by atoms with Gasteiger partial charge in [-0.05, 0) is 43.5 Å². The molecule has 4 nitrogen and oxygen atoms in total. The fourth-order valence-electron chi connectivity index (χ4n) is 2.30. The van der Waals surface area contributed by atoms with Crippen molar-refractivity contribution in [1.82, 2.24) is 0 Å². The molecule has 4 heteroatoms. The zero-order valence-corrected chi connectivity index (χ0v) is 9.97. The molecule has 4 N–H and O–H groups in total. The minimum Gasteiger partial charge on any atom is -0.508 e. The Kier molecular flexibility index (Phi) is 3.54. The molecule has 0 aromatic heterocycles. The van der Waals surface area contributed by atoms with Crippen molar-refractivity contribution in [1.29, 1.82) is 0 Å². The second-order valence-electron chi connectivity index (χ2n) is 4.79. The average molecular weight is 236 g/mol. The summed E-state index contributed by atoms with van der Waals surface area (Å²) in [7, 11) is 0. The van der Waals surface area contributed by atoms with E-state index in [1.165, 1.54) is 0 Å². The number of phenols is 1. The van der Waals surface area contributed by atoms with E-state index < -0.39 is 5.60 Å². The first-order chi connectivity index (χ1) is 8.13. The Morgan fingerprint density at radius 3 is 2.53 bits per heavy atom. The number of aromatic hydroxyl groups is 1. The van der Waals surface area contributed by atoms with E-state index in [1.807, 2.05) is 12.1 Å². The summed E-state index contributed by atoms with van der Waals surface area (Å²) in [5.74, 6) is 0.280. The van der Waals surface area contributed by atoms with Crippen LogP contribution < -0.4 is 10.6 Å². The van der Waals surface area contributed by atoms with Crippen LogP contribution in [0.15, 0.2) is 24.3 Å². The average Bonchev–Trinajstić information content (AvgIpc) is 2.53. The van der Waals surface area contributed by atoms with Gasteiger partial charge in [-0.1, -0.05) is 0 Å². The summed E-state index contributed by atoms with van der Waals surface area (Å²) < 4.78 is 0. The van der Waals surface area contributed by atoms with Gasteiger partial charge >= 0.3 is 0 Å². The predicted octanol–water partition coefficient (Wildman–Crippen LogP) is 1.07. The smallest absolute Gasteiger partial charge is 0.115 e. The van der Waals surface area contributed by atoms with E-state index in [0.29, 0.717) is 13.0 Å². The van der Waals surface area contributed by atoms with Gasteiger partial charge in [-0.3, -0.25) is 0 Å². The van der Waals surface area contributed by atoms with E-state index >= 15 is 0 Å². The second kappa shape index (κ2) is 4.94. The normalized spacial score (nSPS) is 25.6. The Morgan fingerprint density at radius 2 is 1.88 bits per heavy atom. The van der Waals surface area contributed by atoms with Crippen LogP contribution in [0.3, 0.4) is 0 Å². The first-order valence-corrected chi connectivity index (χ1v) is 6.09. The Balaban J connectivity index is 2.06. The summed E-state index contributed by atoms with van der Waals surface area (Å²) in [5, 5.41) is 19.4. The molecule has 17 heavy (non-hydrogen) atoms. The molecule has 2 rings (SSSR count). The number of hydrogen-bond acceptors (Lipinski definition) is 4. The number of benzene rings is 1. The SMILES string of the molecule is NCC1(O)CCCN(c2ccc(O)cc2)CC1. The maximum Gasteiger partial charge on any atom is 0.115 e. The van der Waals surface area contributed by atoms with Crippen molar-refractivity contribution in [3.8, 4) is 5.75 Å². The number of aliphatic hydroxyl groups is 1. The lowest BCUT2D eigenvalue weighted by molar-refractivity contribution is 0.0375. The Bertz CT molecular complexity index is 366. The van der Waals surface area contributed by atoms with Gasteiger partial charge in [-0.15, -0.1) is 0 Å². The summed E-state index contributed by atoms with van der Waals surface area (Å²) in [5.41, 5.74) is 5.99. The van der Waals surface area contributed by atoms with Crippen LogP contribution in [0.2, 0.25) is 0 Å². The largest absolute Gasteiger partial charge is 0.508 e. The molecule has 0 aliphatic carbocycles. The van der Waals surface area contributed by atoms with E-state index in [0.717, 1.165) is 31.6 Å². The van der Waals surface area contributed by atoms with Crippen molar-refractivity contribution in [3.63, 3.8) is 0 Å². The van der Waals surface area contributed by atoms with Gasteiger partial charge in [0.25, 0.3) is 0 Å². The molecule has 1 heterocycles. The molecule has 1 aliphatic rings. The molecular formula is C13H20N2O2. The first kappa shape index (κ1) is 12.2. The van der Waals surface area contributed by atoms with Crippen molar-refractivity contribution >= 4 is 5.69 Å². The second-order valence-corrected chi connectivity index (χ2v) is 4.79. The standard InChI is InChI=1S/C13H20N2O2/c14-10-13(17)6-1-8-15(9-7-13)11-2-4-12(16)5-3-11/h2-5,16-17H,1,6-10,14H2. The highest BCUT2D eigenvalue weighted by molar-refractivity contribution is 5.48. The van der Waals surface area contributed by atoms with Gasteiger partial charge < -0.3 is 20.8 Å². The highest BCUT2D eigenvalue weighted by Gasteiger charge is 2.28. The van der Waals surface area contributed by atoms with Crippen LogP contribution >= 0.6 is 0 Å². The summed E-state index contributed by atoms with van der Waals surface area (Å²) in [6, 6.07) is 7.19. The van der Waals surface area contributed by atoms with E-state index in [1.54, 1.807) is 12.1 Å². The molecular weight excluding hydrogens is 216 g/mol. The maximum absolute atomic E-state index is 10.2. The van der Waals surface area contributed by atoms with Gasteiger partial charge in [-0.2, -0.15) is 0 Å². The van der Waals surface area contributed by atoms with Gasteiger partial charge in [0.05, 0.1) is 5.60 Å². The van der Waals surface area contributed by atoms with E-state index in [4.69, 9.17) is 5.73 Å². The summed E-state index contributed by atoms with van der Waals surface area (Å²) >= 11 is 0. The molecule has 0 radical (unpaired) electrons. The lowest BCUT2D eigenvalue weighted by Gasteiger charge is -2.26. The third-order valence-corrected chi connectivity index (χ3v) is 3.51. The minimum absolute atomic E-state index is 0.280. The third-order valence-electron chi connectivity index (χ3n) is 3.51. The first-order valence-electron chi connectivity index (χ1n) is 6.09. The van der Waals surface area contributed by atoms with E-state index in [2.05, 4.69) is 4.90 Å². The van der Waals surface area contributed by atoms with Crippen LogP contribution in [-0.4, -0.2) is 35.4 Å². The van der Waals surface area contributed by atoms with Crippen LogP contribution in [0.25, 0.3) is 0 Å². The monoisotopic (exact) mass is 236 g/mol. The van der Waals surface area contributed by atoms with Crippen molar-refractivity contribution in [3.05, 3.63) is 24.3 Å². The molecule has 0 amide bonds. The predicted molar refractivity (Wildman–Crippen MR) is 68.2 cm³/mol. The highest BCUT2D eigenvalue weighted by Crippen LogP contribution is 2.26. The minimum atomic E-state index is -0.703. The van der Waals surface area contributed by atoms with Gasteiger partial charge in [0.1, 0.15) is 5.75 Å². The van der Waals surface area contributed by atoms with Gasteiger partial charge in [0.2, 0.25) is 0 Å². The molecule has 0 bridgehead atoms. The van der Waals surface area contributed by atoms with Gasteiger partial charge in [0, 0.05) is 25.3 Å². The van der Waals surface area contributed by atoms with Crippen LogP contribution in [-0.2, 0) is 0 Å². The number of nitrogens with zero attached hydrogens (tertiary/aromatic N) is 1. The van der Waals surface area contributed by atoms with Crippen LogP contribution in [0.5, 0.6) is 5.75 Å². The van der Waals surface area contributed by atoms with Crippen molar-refractivity contribution < 1.29 is 10.2 Å². The van der Waals surface area contributed by atoms with Crippen LogP contribution in [0.4, 0.5) is 5.69 Å². The Morgan fingerprint density at radius 1 is 1.18 bits per heavy atom. The molecule has 0 spiro atoms. The van der Waals surface area contributed by atoms with Crippen LogP contribution in [0, 0.1) is 0 Å². The molecule has 94 valence electrons. The van der Waals surface area contributed by atoms with Gasteiger partial charge in [-0.25, -0.2) is 0 Å². The fourth-order valence-corrected chi connectivity index (χ4v) is 2.30. The van der Waals surface area contributed by atoms with Crippen molar-refractivity contribution in [2.45, 2.75) is 24.9 Å². The molecule has 1 aromatic rings. The molecule has 1 fully saturated rings. The third kappa shape index (κ3) is 2.90. The molecule has 1 aromatic carbocycles. The van der Waals surface area contributed by atoms with Crippen LogP contribution in [0.1, 0.15) is 19.3 Å². The number of anilines is 1. The number of phenolic OH excluding ortho intramolecular Hbond substituents is 1. The Hall–Kier alpha value is -1.26. The molecule has 1 atom stereocenters. The zero-order chi connectivity index (χ0) is 12.3. The highest BCUT2D eigenvalue weighted by atomic mass is 16.3. The number of nitrogens with two attached hydrogens (primary N) is 1. The lowest BCUT2D eigenvalue weighted by atomic mass is 9.95. The zero-order valence-electron chi connectivity index (χ0n) is 9.97. The molecule has 0 saturated carbocycles. The molecule has 1 saturated heterocycles. The maximum atomic E-state index is 10.2. The topological polar surface area (TPSA) is 69.7 Å². The van der Waals surface area contributed by atoms with E-state index in [-0.39, 0.29) is 5.75 Å². The lowest BCUT2D eigenvalue weighted by Crippen LogP contribution is -2.38. The number of rotatable bonds is 2. The summed E-state index contributed by atoms with van der Waals surface area (Å²) in [6.45, 7) is 2.06. The number of hydrogen-bond donors (Lipinski definition) is 3.